The number of hydrogen-bond donors (Lipinski definition) is 2. The molecule has 1 aromatic rings. The Morgan fingerprint density at radius 1 is 1.40 bits per heavy atom. The van der Waals surface area contributed by atoms with E-state index >= 15 is 0 Å². The van der Waals surface area contributed by atoms with Crippen molar-refractivity contribution in [3.05, 3.63) is 35.4 Å². The molecule has 2 aliphatic rings. The molecule has 1 aromatic carbocycles. The summed E-state index contributed by atoms with van der Waals surface area (Å²) >= 11 is 0. The number of amides is 1. The van der Waals surface area contributed by atoms with Gasteiger partial charge in [-0.3, -0.25) is 9.59 Å². The number of fused-ring (bicyclic) bond motifs is 2. The van der Waals surface area contributed by atoms with E-state index in [1.54, 1.807) is 0 Å². The fourth-order valence-electron chi connectivity index (χ4n) is 3.55. The van der Waals surface area contributed by atoms with Crippen LogP contribution in [0.2, 0.25) is 0 Å². The molecule has 3 atom stereocenters. The van der Waals surface area contributed by atoms with Gasteiger partial charge in [-0.05, 0) is 43.7 Å². The van der Waals surface area contributed by atoms with Crippen LogP contribution in [0.15, 0.2) is 24.3 Å². The lowest BCUT2D eigenvalue weighted by Gasteiger charge is -2.26. The predicted octanol–water partition coefficient (Wildman–Crippen LogP) is 1.87. The molecule has 106 valence electrons. The summed E-state index contributed by atoms with van der Waals surface area (Å²) in [5.41, 5.74) is 2.62. The normalized spacial score (nSPS) is 28.6. The number of rotatable bonds is 3. The molecule has 3 unspecified atom stereocenters. The fraction of sp³-hybridized carbons (Fsp3) is 0.500. The smallest absolute Gasteiger partial charge is 0.325 e. The molecule has 2 N–H and O–H groups in total. The number of aliphatic carboxylic acids is 1. The van der Waals surface area contributed by atoms with Gasteiger partial charge in [0.1, 0.15) is 6.04 Å². The molecular formula is C16H19NO3. The van der Waals surface area contributed by atoms with Gasteiger partial charge in [0.15, 0.2) is 0 Å². The molecule has 1 spiro atoms. The van der Waals surface area contributed by atoms with Gasteiger partial charge < -0.3 is 10.4 Å². The molecule has 0 heterocycles. The highest BCUT2D eigenvalue weighted by Crippen LogP contribution is 2.60. The summed E-state index contributed by atoms with van der Waals surface area (Å²) in [6.45, 7) is 1.50. The first-order chi connectivity index (χ1) is 9.54. The van der Waals surface area contributed by atoms with E-state index in [0.29, 0.717) is 0 Å². The molecule has 0 aromatic heterocycles. The van der Waals surface area contributed by atoms with E-state index in [4.69, 9.17) is 5.11 Å². The highest BCUT2D eigenvalue weighted by atomic mass is 16.4. The molecule has 0 saturated heterocycles. The maximum atomic E-state index is 12.2. The summed E-state index contributed by atoms with van der Waals surface area (Å²) < 4.78 is 0. The van der Waals surface area contributed by atoms with Crippen LogP contribution in [0.1, 0.15) is 37.3 Å². The third kappa shape index (κ3) is 1.99. The summed E-state index contributed by atoms with van der Waals surface area (Å²) in [6, 6.07) is 7.52. The van der Waals surface area contributed by atoms with Crippen LogP contribution in [-0.4, -0.2) is 23.0 Å². The second-order valence-electron chi connectivity index (χ2n) is 5.99. The minimum Gasteiger partial charge on any atom is -0.480 e. The first-order valence-corrected chi connectivity index (χ1v) is 7.16. The van der Waals surface area contributed by atoms with Crippen molar-refractivity contribution in [2.45, 2.75) is 44.1 Å². The van der Waals surface area contributed by atoms with Gasteiger partial charge in [-0.1, -0.05) is 24.3 Å². The number of carbonyl (C=O) groups excluding carboxylic acids is 1. The first-order valence-electron chi connectivity index (χ1n) is 7.16. The lowest BCUT2D eigenvalue weighted by molar-refractivity contribution is -0.141. The van der Waals surface area contributed by atoms with Crippen molar-refractivity contribution in [2.24, 2.45) is 5.92 Å². The van der Waals surface area contributed by atoms with Crippen LogP contribution in [-0.2, 0) is 21.4 Å². The maximum absolute atomic E-state index is 12.2. The van der Waals surface area contributed by atoms with Gasteiger partial charge in [0.2, 0.25) is 5.91 Å². The van der Waals surface area contributed by atoms with Crippen LogP contribution in [0.5, 0.6) is 0 Å². The van der Waals surface area contributed by atoms with Crippen molar-refractivity contribution in [1.82, 2.24) is 5.32 Å². The molecule has 1 fully saturated rings. The van der Waals surface area contributed by atoms with Gasteiger partial charge >= 0.3 is 5.97 Å². The van der Waals surface area contributed by atoms with Gasteiger partial charge in [-0.25, -0.2) is 0 Å². The maximum Gasteiger partial charge on any atom is 0.325 e. The van der Waals surface area contributed by atoms with Crippen molar-refractivity contribution in [2.75, 3.05) is 0 Å². The van der Waals surface area contributed by atoms with Crippen LogP contribution in [0.4, 0.5) is 0 Å². The monoisotopic (exact) mass is 273 g/mol. The summed E-state index contributed by atoms with van der Waals surface area (Å²) in [5, 5.41) is 11.5. The molecule has 4 nitrogen and oxygen atoms in total. The number of carbonyl (C=O) groups is 2. The molecule has 0 radical (unpaired) electrons. The standard InChI is InChI=1S/C16H19NO3/c1-10(15(19)20)17-14(18)13-9-16(13)8-4-6-11-5-2-3-7-12(11)16/h2-3,5,7,10,13H,4,6,8-9H2,1H3,(H,17,18)(H,19,20). The van der Waals surface area contributed by atoms with E-state index in [2.05, 4.69) is 17.4 Å². The molecule has 0 aliphatic heterocycles. The van der Waals surface area contributed by atoms with Gasteiger partial charge in [0.25, 0.3) is 0 Å². The van der Waals surface area contributed by atoms with Crippen LogP contribution < -0.4 is 5.32 Å². The Bertz CT molecular complexity index is 569. The van der Waals surface area contributed by atoms with Crippen molar-refractivity contribution < 1.29 is 14.7 Å². The topological polar surface area (TPSA) is 66.4 Å². The van der Waals surface area contributed by atoms with Gasteiger partial charge in [0, 0.05) is 11.3 Å². The largest absolute Gasteiger partial charge is 0.480 e. The summed E-state index contributed by atoms with van der Waals surface area (Å²) in [6.07, 6.45) is 4.07. The molecule has 0 bridgehead atoms. The average Bonchev–Trinajstić information content (AvgIpc) is 3.14. The lowest BCUT2D eigenvalue weighted by atomic mass is 9.78. The molecule has 20 heavy (non-hydrogen) atoms. The summed E-state index contributed by atoms with van der Waals surface area (Å²) in [4.78, 5) is 23.1. The Morgan fingerprint density at radius 3 is 2.90 bits per heavy atom. The second-order valence-corrected chi connectivity index (χ2v) is 5.99. The van der Waals surface area contributed by atoms with Gasteiger partial charge in [-0.15, -0.1) is 0 Å². The Kier molecular flexibility index (Phi) is 3.04. The fourth-order valence-corrected chi connectivity index (χ4v) is 3.55. The highest BCUT2D eigenvalue weighted by Gasteiger charge is 2.60. The number of hydrogen-bond acceptors (Lipinski definition) is 2. The molecule has 3 rings (SSSR count). The molecule has 1 amide bonds. The second kappa shape index (κ2) is 4.62. The van der Waals surface area contributed by atoms with Crippen LogP contribution >= 0.6 is 0 Å². The first kappa shape index (κ1) is 13.2. The van der Waals surface area contributed by atoms with Crippen molar-refractivity contribution >= 4 is 11.9 Å². The van der Waals surface area contributed by atoms with E-state index < -0.39 is 12.0 Å². The van der Waals surface area contributed by atoms with E-state index in [0.717, 1.165) is 25.7 Å². The predicted molar refractivity (Wildman–Crippen MR) is 74.4 cm³/mol. The Hall–Kier alpha value is -1.84. The van der Waals surface area contributed by atoms with Gasteiger partial charge in [0.05, 0.1) is 0 Å². The van der Waals surface area contributed by atoms with Crippen molar-refractivity contribution in [3.63, 3.8) is 0 Å². The van der Waals surface area contributed by atoms with Crippen LogP contribution in [0.3, 0.4) is 0 Å². The van der Waals surface area contributed by atoms with Gasteiger partial charge in [-0.2, -0.15) is 0 Å². The van der Waals surface area contributed by atoms with Crippen LogP contribution in [0.25, 0.3) is 0 Å². The minimum atomic E-state index is -0.989. The third-order valence-corrected chi connectivity index (χ3v) is 4.74. The molecule has 4 heteroatoms. The Balaban J connectivity index is 1.78. The third-order valence-electron chi connectivity index (χ3n) is 4.74. The SMILES string of the molecule is CC(NC(=O)C1CC12CCCc1ccccc12)C(=O)O. The molecule has 1 saturated carbocycles. The van der Waals surface area contributed by atoms with Crippen molar-refractivity contribution in [3.8, 4) is 0 Å². The highest BCUT2D eigenvalue weighted by molar-refractivity contribution is 5.88. The average molecular weight is 273 g/mol. The summed E-state index contributed by atoms with van der Waals surface area (Å²) in [7, 11) is 0. The number of nitrogens with one attached hydrogen (secondary N) is 1. The minimum absolute atomic E-state index is 0.0306. The molecular weight excluding hydrogens is 254 g/mol. The number of aryl methyl sites for hydroxylation is 1. The summed E-state index contributed by atoms with van der Waals surface area (Å²) in [5.74, 6) is -1.17. The zero-order valence-electron chi connectivity index (χ0n) is 11.6. The number of carboxylic acid groups (broad SMARTS) is 1. The Morgan fingerprint density at radius 2 is 2.15 bits per heavy atom. The van der Waals surface area contributed by atoms with E-state index in [9.17, 15) is 9.59 Å². The quantitative estimate of drug-likeness (QED) is 0.883. The van der Waals surface area contributed by atoms with Crippen LogP contribution in [0, 0.1) is 5.92 Å². The molecule has 2 aliphatic carbocycles. The number of carboxylic acids is 1. The Labute approximate surface area is 118 Å². The lowest BCUT2D eigenvalue weighted by Crippen LogP contribution is -2.40. The zero-order chi connectivity index (χ0) is 14.3. The number of benzene rings is 1. The van der Waals surface area contributed by atoms with E-state index in [1.165, 1.54) is 18.1 Å². The van der Waals surface area contributed by atoms with E-state index in [-0.39, 0.29) is 17.2 Å². The van der Waals surface area contributed by atoms with E-state index in [1.807, 2.05) is 12.1 Å². The van der Waals surface area contributed by atoms with Crippen molar-refractivity contribution in [1.29, 1.82) is 0 Å². The zero-order valence-corrected chi connectivity index (χ0v) is 11.6.